The Labute approximate surface area is 156 Å². The molecule has 0 saturated heterocycles. The van der Waals surface area contributed by atoms with Gasteiger partial charge < -0.3 is 9.73 Å². The van der Waals surface area contributed by atoms with Crippen molar-refractivity contribution in [1.82, 2.24) is 10.7 Å². The van der Waals surface area contributed by atoms with Crippen LogP contribution in [0.15, 0.2) is 76.5 Å². The van der Waals surface area contributed by atoms with E-state index in [4.69, 9.17) is 4.42 Å². The summed E-state index contributed by atoms with van der Waals surface area (Å²) in [5, 5.41) is 8.80. The van der Waals surface area contributed by atoms with Crippen molar-refractivity contribution >= 4 is 34.4 Å². The van der Waals surface area contributed by atoms with Crippen molar-refractivity contribution < 1.29 is 14.0 Å². The Morgan fingerprint density at radius 3 is 2.70 bits per heavy atom. The lowest BCUT2D eigenvalue weighted by molar-refractivity contribution is -0.123. The molecule has 6 nitrogen and oxygen atoms in total. The number of amides is 2. The largest absolute Gasteiger partial charge is 0.465 e. The summed E-state index contributed by atoms with van der Waals surface area (Å²) in [6, 6.07) is 17.3. The molecular formula is C21H19N3O3. The highest BCUT2D eigenvalue weighted by molar-refractivity contribution is 6.10. The second-order valence-corrected chi connectivity index (χ2v) is 5.83. The van der Waals surface area contributed by atoms with E-state index < -0.39 is 11.8 Å². The van der Waals surface area contributed by atoms with E-state index >= 15 is 0 Å². The van der Waals surface area contributed by atoms with Crippen molar-refractivity contribution in [3.05, 3.63) is 78.3 Å². The van der Waals surface area contributed by atoms with Crippen LogP contribution in [0.1, 0.15) is 18.2 Å². The number of nitrogens with one attached hydrogen (secondary N) is 2. The van der Waals surface area contributed by atoms with E-state index in [1.165, 1.54) is 18.4 Å². The SMILES string of the molecule is CC(=NNC(=O)CNC(=O)C=Cc1ccco1)c1cccc2ccccc12. The number of hydrogen-bond donors (Lipinski definition) is 2. The van der Waals surface area contributed by atoms with Crippen LogP contribution < -0.4 is 10.7 Å². The van der Waals surface area contributed by atoms with Crippen LogP contribution in [0.5, 0.6) is 0 Å². The van der Waals surface area contributed by atoms with E-state index in [-0.39, 0.29) is 6.54 Å². The van der Waals surface area contributed by atoms with Gasteiger partial charge in [-0.05, 0) is 35.9 Å². The van der Waals surface area contributed by atoms with Crippen LogP contribution in [0.3, 0.4) is 0 Å². The minimum Gasteiger partial charge on any atom is -0.465 e. The second-order valence-electron chi connectivity index (χ2n) is 5.83. The molecule has 0 atom stereocenters. The average molecular weight is 361 g/mol. The molecule has 2 amide bonds. The third kappa shape index (κ3) is 4.92. The summed E-state index contributed by atoms with van der Waals surface area (Å²) in [6.07, 6.45) is 4.34. The number of benzene rings is 2. The number of nitrogens with zero attached hydrogens (tertiary/aromatic N) is 1. The van der Waals surface area contributed by atoms with Gasteiger partial charge in [0.1, 0.15) is 5.76 Å². The van der Waals surface area contributed by atoms with E-state index in [0.717, 1.165) is 16.3 Å². The number of furan rings is 1. The van der Waals surface area contributed by atoms with Crippen molar-refractivity contribution in [3.63, 3.8) is 0 Å². The first-order chi connectivity index (χ1) is 13.1. The molecule has 0 bridgehead atoms. The van der Waals surface area contributed by atoms with E-state index in [9.17, 15) is 9.59 Å². The fraction of sp³-hybridized carbons (Fsp3) is 0.0952. The van der Waals surface area contributed by atoms with Crippen LogP contribution in [-0.4, -0.2) is 24.1 Å². The highest BCUT2D eigenvalue weighted by Gasteiger charge is 2.06. The summed E-state index contributed by atoms with van der Waals surface area (Å²) >= 11 is 0. The molecule has 3 aromatic rings. The zero-order valence-corrected chi connectivity index (χ0v) is 14.8. The van der Waals surface area contributed by atoms with E-state index in [2.05, 4.69) is 15.8 Å². The molecule has 27 heavy (non-hydrogen) atoms. The van der Waals surface area contributed by atoms with Gasteiger partial charge >= 0.3 is 0 Å². The van der Waals surface area contributed by atoms with Gasteiger partial charge in [0, 0.05) is 11.6 Å². The standard InChI is InChI=1S/C21H19N3O3/c1-15(18-10-4-7-16-6-2-3-9-19(16)18)23-24-21(26)14-22-20(25)12-11-17-8-5-13-27-17/h2-13H,14H2,1H3,(H,22,25)(H,24,26). The summed E-state index contributed by atoms with van der Waals surface area (Å²) in [7, 11) is 0. The lowest BCUT2D eigenvalue weighted by atomic mass is 10.0. The number of hydrazone groups is 1. The van der Waals surface area contributed by atoms with Crippen molar-refractivity contribution in [2.75, 3.05) is 6.54 Å². The zero-order chi connectivity index (χ0) is 19.1. The Morgan fingerprint density at radius 2 is 1.89 bits per heavy atom. The molecule has 136 valence electrons. The van der Waals surface area contributed by atoms with Crippen LogP contribution in [-0.2, 0) is 9.59 Å². The summed E-state index contributed by atoms with van der Waals surface area (Å²) in [4.78, 5) is 23.6. The van der Waals surface area contributed by atoms with E-state index in [1.807, 2.05) is 49.4 Å². The first-order valence-corrected chi connectivity index (χ1v) is 8.44. The number of fused-ring (bicyclic) bond motifs is 1. The normalized spacial score (nSPS) is 11.7. The minimum atomic E-state index is -0.408. The molecule has 0 spiro atoms. The molecule has 0 radical (unpaired) electrons. The van der Waals surface area contributed by atoms with Crippen molar-refractivity contribution in [2.24, 2.45) is 5.10 Å². The Bertz CT molecular complexity index is 999. The average Bonchev–Trinajstić information content (AvgIpc) is 3.22. The Kier molecular flexibility index (Phi) is 5.79. The van der Waals surface area contributed by atoms with Gasteiger partial charge in [0.15, 0.2) is 0 Å². The van der Waals surface area contributed by atoms with E-state index in [0.29, 0.717) is 11.5 Å². The van der Waals surface area contributed by atoms with Crippen LogP contribution in [0, 0.1) is 0 Å². The van der Waals surface area contributed by atoms with Crippen molar-refractivity contribution in [1.29, 1.82) is 0 Å². The molecule has 1 aromatic heterocycles. The Hall–Kier alpha value is -3.67. The van der Waals surface area contributed by atoms with E-state index in [1.54, 1.807) is 12.1 Å². The summed E-state index contributed by atoms with van der Waals surface area (Å²) in [5.74, 6) is -0.240. The second kappa shape index (κ2) is 8.62. The molecule has 0 saturated carbocycles. The number of rotatable bonds is 6. The molecule has 0 aliphatic rings. The van der Waals surface area contributed by atoms with Gasteiger partial charge in [0.05, 0.1) is 18.5 Å². The Morgan fingerprint density at radius 1 is 1.07 bits per heavy atom. The third-order valence-corrected chi connectivity index (χ3v) is 3.89. The molecule has 0 aliphatic heterocycles. The molecule has 6 heteroatoms. The first-order valence-electron chi connectivity index (χ1n) is 8.44. The smallest absolute Gasteiger partial charge is 0.259 e. The van der Waals surface area contributed by atoms with Crippen LogP contribution in [0.2, 0.25) is 0 Å². The zero-order valence-electron chi connectivity index (χ0n) is 14.8. The topological polar surface area (TPSA) is 83.7 Å². The van der Waals surface area contributed by atoms with Gasteiger partial charge in [-0.2, -0.15) is 5.10 Å². The van der Waals surface area contributed by atoms with Crippen molar-refractivity contribution in [3.8, 4) is 0 Å². The van der Waals surface area contributed by atoms with Crippen molar-refractivity contribution in [2.45, 2.75) is 6.92 Å². The highest BCUT2D eigenvalue weighted by Crippen LogP contribution is 2.18. The molecular weight excluding hydrogens is 342 g/mol. The fourth-order valence-electron chi connectivity index (χ4n) is 2.56. The molecule has 0 fully saturated rings. The lowest BCUT2D eigenvalue weighted by Gasteiger charge is -2.07. The Balaban J connectivity index is 1.55. The third-order valence-electron chi connectivity index (χ3n) is 3.89. The first kappa shape index (κ1) is 18.1. The van der Waals surface area contributed by atoms with Crippen LogP contribution in [0.4, 0.5) is 0 Å². The van der Waals surface area contributed by atoms with Gasteiger partial charge in [-0.15, -0.1) is 0 Å². The maximum atomic E-state index is 11.9. The highest BCUT2D eigenvalue weighted by atomic mass is 16.3. The number of hydrogen-bond acceptors (Lipinski definition) is 4. The molecule has 2 aromatic carbocycles. The van der Waals surface area contributed by atoms with Gasteiger partial charge in [-0.3, -0.25) is 9.59 Å². The molecule has 0 aliphatic carbocycles. The lowest BCUT2D eigenvalue weighted by Crippen LogP contribution is -2.34. The monoisotopic (exact) mass is 361 g/mol. The van der Waals surface area contributed by atoms with Crippen LogP contribution in [0.25, 0.3) is 16.8 Å². The predicted molar refractivity (Wildman–Crippen MR) is 105 cm³/mol. The maximum absolute atomic E-state index is 11.9. The van der Waals surface area contributed by atoms with Gasteiger partial charge in [-0.1, -0.05) is 42.5 Å². The summed E-state index contributed by atoms with van der Waals surface area (Å²) in [5.41, 5.74) is 4.09. The molecule has 0 unspecified atom stereocenters. The fourth-order valence-corrected chi connectivity index (χ4v) is 2.56. The quantitative estimate of drug-likeness (QED) is 0.402. The number of carbonyl (C=O) groups is 2. The van der Waals surface area contributed by atoms with Crippen LogP contribution >= 0.6 is 0 Å². The molecule has 2 N–H and O–H groups in total. The molecule has 3 rings (SSSR count). The summed E-state index contributed by atoms with van der Waals surface area (Å²) in [6.45, 7) is 1.65. The molecule has 1 heterocycles. The maximum Gasteiger partial charge on any atom is 0.259 e. The van der Waals surface area contributed by atoms with Gasteiger partial charge in [0.25, 0.3) is 5.91 Å². The summed E-state index contributed by atoms with van der Waals surface area (Å²) < 4.78 is 5.08. The minimum absolute atomic E-state index is 0.173. The van der Waals surface area contributed by atoms with Gasteiger partial charge in [0.2, 0.25) is 5.91 Å². The van der Waals surface area contributed by atoms with Gasteiger partial charge in [-0.25, -0.2) is 5.43 Å². The number of carbonyl (C=O) groups excluding carboxylic acids is 2. The predicted octanol–water partition coefficient (Wildman–Crippen LogP) is 3.10.